The second-order valence-electron chi connectivity index (χ2n) is 3.33. The molecule has 0 radical (unpaired) electrons. The van der Waals surface area contributed by atoms with Crippen LogP contribution in [0.5, 0.6) is 0 Å². The zero-order valence-electron chi connectivity index (χ0n) is 8.77. The van der Waals surface area contributed by atoms with Crippen molar-refractivity contribution in [3.63, 3.8) is 0 Å². The Morgan fingerprint density at radius 2 is 2.18 bits per heavy atom. The van der Waals surface area contributed by atoms with Crippen molar-refractivity contribution in [3.8, 4) is 0 Å². The van der Waals surface area contributed by atoms with Gasteiger partial charge in [-0.05, 0) is 12.1 Å². The Bertz CT molecular complexity index is 437. The van der Waals surface area contributed by atoms with E-state index in [-0.39, 0.29) is 22.5 Å². The van der Waals surface area contributed by atoms with Crippen LogP contribution in [-0.4, -0.2) is 25.5 Å². The van der Waals surface area contributed by atoms with Crippen LogP contribution in [0.25, 0.3) is 0 Å². The molecule has 0 aromatic heterocycles. The third-order valence-electron chi connectivity index (χ3n) is 2.22. The summed E-state index contributed by atoms with van der Waals surface area (Å²) in [4.78, 5) is 4.20. The molecule has 1 aromatic rings. The summed E-state index contributed by atoms with van der Waals surface area (Å²) in [5.41, 5.74) is 0.514. The van der Waals surface area contributed by atoms with Crippen LogP contribution in [0.15, 0.2) is 17.1 Å². The maximum atomic E-state index is 13.3. The van der Waals surface area contributed by atoms with Crippen LogP contribution in [-0.2, 0) is 0 Å². The summed E-state index contributed by atoms with van der Waals surface area (Å²) in [5.74, 6) is 0.251. The predicted octanol–water partition coefficient (Wildman–Crippen LogP) is 2.97. The number of rotatable bonds is 3. The molecule has 1 aromatic carbocycles. The average Bonchev–Trinajstić information content (AvgIpc) is 2.78. The number of aliphatic imine (C=N–C) groups is 1. The fourth-order valence-corrected chi connectivity index (χ4v) is 1.84. The van der Waals surface area contributed by atoms with Crippen LogP contribution in [0.3, 0.4) is 0 Å². The maximum absolute atomic E-state index is 13.3. The van der Waals surface area contributed by atoms with Crippen molar-refractivity contribution in [2.75, 3.05) is 25.0 Å². The Morgan fingerprint density at radius 1 is 1.41 bits per heavy atom. The molecule has 1 heterocycles. The largest absolute Gasteiger partial charge is 0.377 e. The molecule has 0 saturated heterocycles. The molecule has 0 aliphatic carbocycles. The lowest BCUT2D eigenvalue weighted by Gasteiger charge is -2.09. The molecule has 1 aliphatic rings. The van der Waals surface area contributed by atoms with E-state index >= 15 is 0 Å². The van der Waals surface area contributed by atoms with Gasteiger partial charge in [-0.1, -0.05) is 23.2 Å². The first-order chi connectivity index (χ1) is 7.68. The molecule has 0 amide bonds. The molecule has 0 spiro atoms. The fourth-order valence-electron chi connectivity index (χ4n) is 1.41. The van der Waals surface area contributed by atoms with Gasteiger partial charge >= 0.3 is 0 Å². The standard InChI is InChI=1S/C10H10Cl2FN3.ClH/c11-6-1-2-7(9(12)10(6)13)16-5-8-14-3-4-15-8;/h1-2,16H,3-5H2,(H,14,15);1H. The highest BCUT2D eigenvalue weighted by atomic mass is 35.5. The molecule has 3 nitrogen and oxygen atoms in total. The normalized spacial score (nSPS) is 13.7. The Kier molecular flexibility index (Phi) is 5.31. The van der Waals surface area contributed by atoms with Gasteiger partial charge in [-0.25, -0.2) is 4.39 Å². The minimum absolute atomic E-state index is 0. The van der Waals surface area contributed by atoms with Crippen molar-refractivity contribution < 1.29 is 4.39 Å². The highest BCUT2D eigenvalue weighted by molar-refractivity contribution is 6.36. The number of hydrogen-bond acceptors (Lipinski definition) is 3. The van der Waals surface area contributed by atoms with Crippen LogP contribution in [0.1, 0.15) is 0 Å². The minimum Gasteiger partial charge on any atom is -0.377 e. The lowest BCUT2D eigenvalue weighted by Crippen LogP contribution is -2.26. The van der Waals surface area contributed by atoms with Crippen LogP contribution in [0.4, 0.5) is 10.1 Å². The Balaban J connectivity index is 0.00000144. The van der Waals surface area contributed by atoms with Crippen LogP contribution in [0, 0.1) is 5.82 Å². The number of halogens is 4. The Labute approximate surface area is 115 Å². The molecule has 0 fully saturated rings. The molecule has 0 unspecified atom stereocenters. The third kappa shape index (κ3) is 3.37. The van der Waals surface area contributed by atoms with Gasteiger partial charge in [0.1, 0.15) is 10.9 Å². The smallest absolute Gasteiger partial charge is 0.162 e. The van der Waals surface area contributed by atoms with Gasteiger partial charge in [0.15, 0.2) is 5.82 Å². The summed E-state index contributed by atoms with van der Waals surface area (Å²) in [7, 11) is 0. The number of nitrogens with one attached hydrogen (secondary N) is 2. The van der Waals surface area contributed by atoms with E-state index in [1.54, 1.807) is 6.07 Å². The van der Waals surface area contributed by atoms with E-state index in [9.17, 15) is 4.39 Å². The van der Waals surface area contributed by atoms with Crippen molar-refractivity contribution in [2.45, 2.75) is 0 Å². The zero-order valence-corrected chi connectivity index (χ0v) is 11.1. The molecule has 0 saturated carbocycles. The highest BCUT2D eigenvalue weighted by Crippen LogP contribution is 2.29. The van der Waals surface area contributed by atoms with E-state index in [2.05, 4.69) is 15.6 Å². The summed E-state index contributed by atoms with van der Waals surface area (Å²) in [6, 6.07) is 3.11. The van der Waals surface area contributed by atoms with Crippen molar-refractivity contribution in [3.05, 3.63) is 28.0 Å². The van der Waals surface area contributed by atoms with Crippen molar-refractivity contribution in [1.82, 2.24) is 5.32 Å². The summed E-state index contributed by atoms with van der Waals surface area (Å²) in [6.07, 6.45) is 0. The van der Waals surface area contributed by atoms with Gasteiger partial charge in [0.2, 0.25) is 0 Å². The minimum atomic E-state index is -0.602. The van der Waals surface area contributed by atoms with E-state index in [1.165, 1.54) is 6.07 Å². The molecule has 0 atom stereocenters. The van der Waals surface area contributed by atoms with Crippen molar-refractivity contribution in [1.29, 1.82) is 0 Å². The maximum Gasteiger partial charge on any atom is 0.162 e. The van der Waals surface area contributed by atoms with Gasteiger partial charge in [-0.3, -0.25) is 4.99 Å². The second-order valence-corrected chi connectivity index (χ2v) is 4.12. The molecule has 94 valence electrons. The number of nitrogens with zero attached hydrogens (tertiary/aromatic N) is 1. The predicted molar refractivity (Wildman–Crippen MR) is 72.5 cm³/mol. The Morgan fingerprint density at radius 3 is 2.82 bits per heavy atom. The molecule has 17 heavy (non-hydrogen) atoms. The molecule has 0 bridgehead atoms. The highest BCUT2D eigenvalue weighted by Gasteiger charge is 2.11. The number of anilines is 1. The van der Waals surface area contributed by atoms with Gasteiger partial charge in [0.25, 0.3) is 0 Å². The Hall–Kier alpha value is -0.710. The molecule has 7 heteroatoms. The van der Waals surface area contributed by atoms with E-state index in [0.29, 0.717) is 12.2 Å². The van der Waals surface area contributed by atoms with E-state index in [1.807, 2.05) is 0 Å². The van der Waals surface area contributed by atoms with Gasteiger partial charge in [-0.2, -0.15) is 0 Å². The van der Waals surface area contributed by atoms with Gasteiger partial charge in [-0.15, -0.1) is 12.4 Å². The summed E-state index contributed by atoms with van der Waals surface area (Å²) in [6.45, 7) is 2.13. The van der Waals surface area contributed by atoms with E-state index in [4.69, 9.17) is 23.2 Å². The van der Waals surface area contributed by atoms with Gasteiger partial charge in [0.05, 0.1) is 23.8 Å². The van der Waals surface area contributed by atoms with E-state index in [0.717, 1.165) is 18.9 Å². The lowest BCUT2D eigenvalue weighted by molar-refractivity contribution is 0.629. The number of hydrogen-bond donors (Lipinski definition) is 2. The van der Waals surface area contributed by atoms with Gasteiger partial charge < -0.3 is 10.6 Å². The number of amidine groups is 1. The molecule has 2 N–H and O–H groups in total. The van der Waals surface area contributed by atoms with E-state index < -0.39 is 5.82 Å². The first kappa shape index (κ1) is 14.4. The van der Waals surface area contributed by atoms with Crippen molar-refractivity contribution in [2.24, 2.45) is 4.99 Å². The SMILES string of the molecule is Cl.Fc1c(Cl)ccc(NCC2=NCCN2)c1Cl. The molecule has 2 rings (SSSR count). The second kappa shape index (κ2) is 6.28. The van der Waals surface area contributed by atoms with Crippen LogP contribution in [0.2, 0.25) is 10.0 Å². The quantitative estimate of drug-likeness (QED) is 0.842. The van der Waals surface area contributed by atoms with Crippen LogP contribution >= 0.6 is 35.6 Å². The summed E-state index contributed by atoms with van der Waals surface area (Å²) < 4.78 is 13.3. The molecular weight excluding hydrogens is 287 g/mol. The zero-order chi connectivity index (χ0) is 11.5. The van der Waals surface area contributed by atoms with Crippen LogP contribution < -0.4 is 10.6 Å². The summed E-state index contributed by atoms with van der Waals surface area (Å²) >= 11 is 11.4. The van der Waals surface area contributed by atoms with Gasteiger partial charge in [0, 0.05) is 6.54 Å². The third-order valence-corrected chi connectivity index (χ3v) is 2.89. The molecule has 1 aliphatic heterocycles. The number of benzene rings is 1. The fraction of sp³-hybridized carbons (Fsp3) is 0.300. The lowest BCUT2D eigenvalue weighted by atomic mass is 10.3. The first-order valence-corrected chi connectivity index (χ1v) is 5.58. The van der Waals surface area contributed by atoms with Crippen molar-refractivity contribution >= 4 is 47.1 Å². The molecular formula is C10H11Cl3FN3. The monoisotopic (exact) mass is 297 g/mol. The summed E-state index contributed by atoms with van der Waals surface area (Å²) in [5, 5.41) is 6.12. The first-order valence-electron chi connectivity index (χ1n) is 4.83. The topological polar surface area (TPSA) is 36.4 Å². The average molecular weight is 299 g/mol.